The summed E-state index contributed by atoms with van der Waals surface area (Å²) in [6, 6.07) is 0. The highest BCUT2D eigenvalue weighted by molar-refractivity contribution is 5.71. The Morgan fingerprint density at radius 1 is 0.288 bits per heavy atom. The van der Waals surface area contributed by atoms with E-state index in [-0.39, 0.29) is 37.5 Å². The average molecular weight is 1010 g/mol. The molecule has 0 aliphatic carbocycles. The normalized spacial score (nSPS) is 13.0. The molecule has 0 fully saturated rings. The first-order valence-electron chi connectivity index (χ1n) is 30.0. The van der Waals surface area contributed by atoms with Crippen LogP contribution in [0.3, 0.4) is 0 Å². The molecular weight excluding hydrogens is 901 g/mol. The van der Waals surface area contributed by atoms with Crippen LogP contribution in [0.2, 0.25) is 0 Å². The summed E-state index contributed by atoms with van der Waals surface area (Å²) in [7, 11) is 0. The molecule has 0 spiro atoms. The third-order valence-electron chi connectivity index (χ3n) is 12.4. The molecule has 0 aromatic rings. The second-order valence-electron chi connectivity index (χ2n) is 19.5. The minimum absolute atomic E-state index is 0.101. The molecule has 0 aliphatic rings. The second-order valence-corrected chi connectivity index (χ2v) is 19.5. The molecule has 0 radical (unpaired) electrons. The number of esters is 3. The fourth-order valence-electron chi connectivity index (χ4n) is 7.98. The highest BCUT2D eigenvalue weighted by Gasteiger charge is 2.19. The van der Waals surface area contributed by atoms with Crippen molar-refractivity contribution in [1.29, 1.82) is 0 Å². The maximum Gasteiger partial charge on any atom is 0.306 e. The molecule has 0 heterocycles. The van der Waals surface area contributed by atoms with E-state index in [0.717, 1.165) is 141 Å². The minimum atomic E-state index is -0.807. The molecule has 1 unspecified atom stereocenters. The number of allylic oxidation sites excluding steroid dienone is 20. The van der Waals surface area contributed by atoms with Crippen LogP contribution in [0, 0.1) is 0 Å². The van der Waals surface area contributed by atoms with E-state index in [1.807, 2.05) is 0 Å². The van der Waals surface area contributed by atoms with Gasteiger partial charge in [-0.25, -0.2) is 0 Å². The molecule has 1 atom stereocenters. The zero-order valence-corrected chi connectivity index (χ0v) is 47.4. The zero-order chi connectivity index (χ0) is 52.9. The van der Waals surface area contributed by atoms with Gasteiger partial charge in [0.05, 0.1) is 0 Å². The molecule has 0 aromatic heterocycles. The first-order chi connectivity index (χ1) is 36.0. The highest BCUT2D eigenvalue weighted by Crippen LogP contribution is 2.14. The fourth-order valence-corrected chi connectivity index (χ4v) is 7.98. The van der Waals surface area contributed by atoms with Gasteiger partial charge in [0.15, 0.2) is 6.10 Å². The van der Waals surface area contributed by atoms with E-state index in [1.54, 1.807) is 0 Å². The van der Waals surface area contributed by atoms with Crippen LogP contribution >= 0.6 is 0 Å². The molecular formula is C67H110O6. The number of carbonyl (C=O) groups is 3. The van der Waals surface area contributed by atoms with Gasteiger partial charge in [-0.05, 0) is 128 Å². The second kappa shape index (κ2) is 60.4. The maximum absolute atomic E-state index is 12.9. The van der Waals surface area contributed by atoms with E-state index >= 15 is 0 Å². The molecule has 0 rings (SSSR count). The van der Waals surface area contributed by atoms with Crippen molar-refractivity contribution in [2.24, 2.45) is 0 Å². The smallest absolute Gasteiger partial charge is 0.306 e. The number of unbranched alkanes of at least 4 members (excludes halogenated alkanes) is 22. The molecule has 414 valence electrons. The Morgan fingerprint density at radius 2 is 0.534 bits per heavy atom. The monoisotopic (exact) mass is 1010 g/mol. The lowest BCUT2D eigenvalue weighted by Gasteiger charge is -2.18. The predicted molar refractivity (Wildman–Crippen MR) is 316 cm³/mol. The van der Waals surface area contributed by atoms with Crippen LogP contribution in [0.4, 0.5) is 0 Å². The van der Waals surface area contributed by atoms with E-state index in [4.69, 9.17) is 14.2 Å². The van der Waals surface area contributed by atoms with Crippen LogP contribution in [0.1, 0.15) is 265 Å². The summed E-state index contributed by atoms with van der Waals surface area (Å²) in [6.45, 7) is 6.37. The summed E-state index contributed by atoms with van der Waals surface area (Å²) in [6.07, 6.45) is 83.3. The van der Waals surface area contributed by atoms with Crippen LogP contribution < -0.4 is 0 Å². The van der Waals surface area contributed by atoms with Crippen molar-refractivity contribution in [2.45, 2.75) is 271 Å². The topological polar surface area (TPSA) is 78.9 Å². The molecule has 6 heteroatoms. The Morgan fingerprint density at radius 3 is 0.863 bits per heavy atom. The first kappa shape index (κ1) is 68.8. The molecule has 0 saturated carbocycles. The lowest BCUT2D eigenvalue weighted by atomic mass is 10.1. The van der Waals surface area contributed by atoms with E-state index in [2.05, 4.69) is 142 Å². The van der Waals surface area contributed by atoms with E-state index in [1.165, 1.54) is 83.5 Å². The third-order valence-corrected chi connectivity index (χ3v) is 12.4. The maximum atomic E-state index is 12.9. The van der Waals surface area contributed by atoms with Crippen molar-refractivity contribution >= 4 is 17.9 Å². The SMILES string of the molecule is CC/C=C\C/C=C\C/C=C\C/C=C\C/C=C\CCCCCC(=O)OC(COC(=O)CCCCCCC/C=C\CCCCCCCC)COC(=O)CCCCCCCCCC/C=C\C/C=C\C/C=C\C/C=C\CC. The number of hydrogen-bond donors (Lipinski definition) is 0. The van der Waals surface area contributed by atoms with Gasteiger partial charge < -0.3 is 14.2 Å². The summed E-state index contributed by atoms with van der Waals surface area (Å²) in [5.41, 5.74) is 0. The van der Waals surface area contributed by atoms with Crippen LogP contribution in [-0.4, -0.2) is 37.2 Å². The van der Waals surface area contributed by atoms with Crippen molar-refractivity contribution in [3.63, 3.8) is 0 Å². The largest absolute Gasteiger partial charge is 0.462 e. The molecule has 0 amide bonds. The van der Waals surface area contributed by atoms with Gasteiger partial charge in [0.25, 0.3) is 0 Å². The number of rotatable bonds is 53. The van der Waals surface area contributed by atoms with Gasteiger partial charge in [0.1, 0.15) is 13.2 Å². The summed E-state index contributed by atoms with van der Waals surface area (Å²) < 4.78 is 16.9. The van der Waals surface area contributed by atoms with Gasteiger partial charge in [0, 0.05) is 19.3 Å². The minimum Gasteiger partial charge on any atom is -0.462 e. The Bertz CT molecular complexity index is 1540. The molecule has 0 saturated heterocycles. The van der Waals surface area contributed by atoms with Crippen molar-refractivity contribution in [1.82, 2.24) is 0 Å². The van der Waals surface area contributed by atoms with Gasteiger partial charge in [-0.1, -0.05) is 239 Å². The van der Waals surface area contributed by atoms with Gasteiger partial charge in [0.2, 0.25) is 0 Å². The van der Waals surface area contributed by atoms with Crippen LogP contribution in [-0.2, 0) is 28.6 Å². The Labute approximate surface area is 450 Å². The predicted octanol–water partition coefficient (Wildman–Crippen LogP) is 20.4. The fraction of sp³-hybridized carbons (Fsp3) is 0.657. The van der Waals surface area contributed by atoms with E-state index < -0.39 is 6.10 Å². The Kier molecular flexibility index (Phi) is 56.9. The highest BCUT2D eigenvalue weighted by atomic mass is 16.6. The molecule has 0 bridgehead atoms. The molecule has 0 aliphatic heterocycles. The van der Waals surface area contributed by atoms with E-state index in [9.17, 15) is 14.4 Å². The molecule has 73 heavy (non-hydrogen) atoms. The molecule has 6 nitrogen and oxygen atoms in total. The first-order valence-corrected chi connectivity index (χ1v) is 30.0. The summed E-state index contributed by atoms with van der Waals surface area (Å²) in [5, 5.41) is 0. The van der Waals surface area contributed by atoms with Gasteiger partial charge in [-0.2, -0.15) is 0 Å². The van der Waals surface area contributed by atoms with Crippen molar-refractivity contribution < 1.29 is 28.6 Å². The lowest BCUT2D eigenvalue weighted by molar-refractivity contribution is -0.167. The number of hydrogen-bond acceptors (Lipinski definition) is 6. The summed E-state index contributed by atoms with van der Waals surface area (Å²) in [4.78, 5) is 38.3. The summed E-state index contributed by atoms with van der Waals surface area (Å²) >= 11 is 0. The van der Waals surface area contributed by atoms with Crippen molar-refractivity contribution in [3.8, 4) is 0 Å². The van der Waals surface area contributed by atoms with Crippen LogP contribution in [0.25, 0.3) is 0 Å². The standard InChI is InChI=1S/C67H110O6/c1-4-7-10-13-16-19-22-25-28-30-32-33-35-36-39-42-45-48-51-54-57-60-66(69)72-63-64(62-71-65(68)59-56-53-50-47-44-41-38-27-24-21-18-15-12-9-6-3)73-67(70)61-58-55-52-49-46-43-40-37-34-31-29-26-23-20-17-14-11-8-5-2/h7-8,10-11,16-17,19-20,25-29,32-34,37-38,43,46,64H,4-6,9,12-15,18,21-24,30-31,35-36,39-42,44-45,47-63H2,1-3H3/b10-7-,11-8-,19-16-,20-17-,28-25-,29-26-,33-32-,37-34-,38-27-,46-43-. The number of ether oxygens (including phenoxy) is 3. The Hall–Kier alpha value is -4.19. The number of carbonyl (C=O) groups excluding carboxylic acids is 3. The Balaban J connectivity index is 4.48. The van der Waals surface area contributed by atoms with Gasteiger partial charge >= 0.3 is 17.9 Å². The molecule has 0 aromatic carbocycles. The molecule has 0 N–H and O–H groups in total. The van der Waals surface area contributed by atoms with Crippen molar-refractivity contribution in [3.05, 3.63) is 122 Å². The zero-order valence-electron chi connectivity index (χ0n) is 47.4. The van der Waals surface area contributed by atoms with Gasteiger partial charge in [-0.15, -0.1) is 0 Å². The lowest BCUT2D eigenvalue weighted by Crippen LogP contribution is -2.30. The third kappa shape index (κ3) is 58.6. The van der Waals surface area contributed by atoms with Crippen LogP contribution in [0.5, 0.6) is 0 Å². The van der Waals surface area contributed by atoms with Crippen molar-refractivity contribution in [2.75, 3.05) is 13.2 Å². The van der Waals surface area contributed by atoms with E-state index in [0.29, 0.717) is 12.8 Å². The van der Waals surface area contributed by atoms with Crippen LogP contribution in [0.15, 0.2) is 122 Å². The average Bonchev–Trinajstić information content (AvgIpc) is 3.39. The van der Waals surface area contributed by atoms with Gasteiger partial charge in [-0.3, -0.25) is 14.4 Å². The summed E-state index contributed by atoms with van der Waals surface area (Å²) in [5.74, 6) is -0.948. The quantitative estimate of drug-likeness (QED) is 0.0261.